The molecule has 2 aliphatic rings. The zero-order chi connectivity index (χ0) is 25.3. The number of anilines is 2. The topological polar surface area (TPSA) is 86.6 Å². The molecule has 0 saturated carbocycles. The summed E-state index contributed by atoms with van der Waals surface area (Å²) < 4.78 is 73.8. The zero-order valence-electron chi connectivity index (χ0n) is 16.5. The third-order valence-corrected chi connectivity index (χ3v) is 6.64. The minimum Gasteiger partial charge on any atom is -0.373 e. The molecule has 2 aliphatic heterocycles. The van der Waals surface area contributed by atoms with Crippen molar-refractivity contribution in [3.8, 4) is 0 Å². The monoisotopic (exact) mass is 546 g/mol. The lowest BCUT2D eigenvalue weighted by Gasteiger charge is -2.15. The number of thioether (sulfide) groups is 2. The summed E-state index contributed by atoms with van der Waals surface area (Å²) in [5, 5.41) is 9.18. The molecule has 2 saturated heterocycles. The second kappa shape index (κ2) is 10.2. The average molecular weight is 547 g/mol. The van der Waals surface area contributed by atoms with E-state index >= 15 is 0 Å². The fraction of sp³-hybridized carbons (Fsp3) is 0.333. The molecular weight excluding hydrogens is 534 g/mol. The van der Waals surface area contributed by atoms with Gasteiger partial charge >= 0.3 is 12.4 Å². The number of halogens is 7. The second-order valence-corrected chi connectivity index (χ2v) is 9.35. The van der Waals surface area contributed by atoms with Gasteiger partial charge in [-0.15, -0.1) is 23.4 Å². The van der Waals surface area contributed by atoms with Gasteiger partial charge in [0.2, 0.25) is 0 Å². The quantitative estimate of drug-likeness (QED) is 0.447. The van der Waals surface area contributed by atoms with E-state index < -0.39 is 45.7 Å². The molecule has 7 nitrogen and oxygen atoms in total. The molecule has 0 spiro atoms. The number of aliphatic hydroxyl groups excluding tert-OH is 1. The number of hydrogen-bond donors (Lipinski definition) is 1. The van der Waals surface area contributed by atoms with Gasteiger partial charge in [0.25, 0.3) is 11.8 Å². The van der Waals surface area contributed by atoms with Gasteiger partial charge < -0.3 is 5.11 Å². The van der Waals surface area contributed by atoms with Gasteiger partial charge in [-0.1, -0.05) is 23.9 Å². The van der Waals surface area contributed by atoms with Crippen LogP contribution in [0.5, 0.6) is 0 Å². The minimum absolute atomic E-state index is 0.0273. The van der Waals surface area contributed by atoms with Gasteiger partial charge in [-0.3, -0.25) is 19.4 Å². The van der Waals surface area contributed by atoms with Crippen molar-refractivity contribution in [1.82, 2.24) is 9.97 Å². The molecule has 2 unspecified atom stereocenters. The van der Waals surface area contributed by atoms with Crippen LogP contribution in [0.4, 0.5) is 38.0 Å². The maximum atomic E-state index is 12.4. The smallest absolute Gasteiger partial charge is 0.373 e. The molecule has 1 N–H and O–H groups in total. The van der Waals surface area contributed by atoms with Crippen LogP contribution in [0.2, 0.25) is 0 Å². The third-order valence-electron chi connectivity index (χ3n) is 4.25. The van der Waals surface area contributed by atoms with Gasteiger partial charge in [-0.25, -0.2) is 9.97 Å². The predicted molar refractivity (Wildman–Crippen MR) is 114 cm³/mol. The molecule has 16 heteroatoms. The number of rotatable bonds is 2. The van der Waals surface area contributed by atoms with Gasteiger partial charge in [-0.2, -0.15) is 26.3 Å². The molecule has 4 heterocycles. The zero-order valence-corrected chi connectivity index (χ0v) is 18.9. The fourth-order valence-electron chi connectivity index (χ4n) is 2.63. The summed E-state index contributed by atoms with van der Waals surface area (Å²) in [4.78, 5) is 31.9. The molecule has 0 bridgehead atoms. The van der Waals surface area contributed by atoms with Crippen LogP contribution < -0.4 is 9.80 Å². The van der Waals surface area contributed by atoms with E-state index in [1.807, 2.05) is 0 Å². The Balaban J connectivity index is 0.000000191. The van der Waals surface area contributed by atoms with Crippen LogP contribution in [0.15, 0.2) is 36.4 Å². The number of nitrogens with zero attached hydrogens (tertiary/aromatic N) is 4. The Kier molecular flexibility index (Phi) is 7.89. The number of pyridine rings is 2. The van der Waals surface area contributed by atoms with Crippen LogP contribution in [-0.2, 0) is 21.9 Å². The highest BCUT2D eigenvalue weighted by molar-refractivity contribution is 8.02. The van der Waals surface area contributed by atoms with E-state index in [1.54, 1.807) is 0 Å². The van der Waals surface area contributed by atoms with Crippen molar-refractivity contribution in [2.24, 2.45) is 0 Å². The maximum Gasteiger partial charge on any atom is 0.433 e. The highest BCUT2D eigenvalue weighted by atomic mass is 35.5. The first-order chi connectivity index (χ1) is 15.8. The molecule has 34 heavy (non-hydrogen) atoms. The number of aromatic nitrogens is 2. The Morgan fingerprint density at radius 2 is 1.26 bits per heavy atom. The first kappa shape index (κ1) is 26.4. The van der Waals surface area contributed by atoms with E-state index in [9.17, 15) is 41.0 Å². The Labute approximate surface area is 201 Å². The maximum absolute atomic E-state index is 12.4. The Morgan fingerprint density at radius 1 is 0.824 bits per heavy atom. The Bertz CT molecular complexity index is 991. The molecule has 184 valence electrons. The Hall–Kier alpha value is -2.23. The van der Waals surface area contributed by atoms with Crippen molar-refractivity contribution >= 4 is 58.6 Å². The largest absolute Gasteiger partial charge is 0.433 e. The SMILES string of the molecule is O=C1C(Cl)SCN1c1cccc(C(F)(F)F)n1.O=C1C(O)SCN1c1cccc(C(F)(F)F)n1. The van der Waals surface area contributed by atoms with Crippen LogP contribution in [-0.4, -0.2) is 48.8 Å². The molecule has 0 aliphatic carbocycles. The number of carbonyl (C=O) groups is 2. The molecule has 2 fully saturated rings. The minimum atomic E-state index is -4.55. The van der Waals surface area contributed by atoms with Gasteiger partial charge in [0.1, 0.15) is 23.0 Å². The summed E-state index contributed by atoms with van der Waals surface area (Å²) in [5.74, 6) is -0.921. The van der Waals surface area contributed by atoms with Crippen LogP contribution in [0.25, 0.3) is 0 Å². The molecule has 0 aromatic carbocycles. The van der Waals surface area contributed by atoms with Crippen molar-refractivity contribution in [3.05, 3.63) is 47.8 Å². The van der Waals surface area contributed by atoms with E-state index in [2.05, 4.69) is 9.97 Å². The standard InChI is InChI=1S/C9H6ClF3N2OS.C9H7F3N2O2S/c10-7-8(16)15(4-17-7)6-3-1-2-5(14-6)9(11,12)13;10-9(11,12)5-2-1-3-6(13-5)14-4-17-8(16)7(14)15/h1-3,7H,4H2;1-3,8,16H,4H2. The molecule has 0 radical (unpaired) electrons. The summed E-state index contributed by atoms with van der Waals surface area (Å²) in [6.07, 6.45) is -9.07. The third kappa shape index (κ3) is 6.06. The number of aliphatic hydroxyl groups is 1. The molecular formula is C18H13ClF6N4O3S2. The normalized spacial score (nSPS) is 21.1. The van der Waals surface area contributed by atoms with E-state index in [1.165, 1.54) is 24.3 Å². The number of alkyl halides is 7. The van der Waals surface area contributed by atoms with Crippen molar-refractivity contribution in [2.75, 3.05) is 21.6 Å². The summed E-state index contributed by atoms with van der Waals surface area (Å²) in [7, 11) is 0. The lowest BCUT2D eigenvalue weighted by molar-refractivity contribution is -0.141. The van der Waals surface area contributed by atoms with Crippen molar-refractivity contribution < 1.29 is 41.0 Å². The van der Waals surface area contributed by atoms with Gasteiger partial charge in [0.15, 0.2) is 10.1 Å². The van der Waals surface area contributed by atoms with Crippen LogP contribution >= 0.6 is 35.1 Å². The highest BCUT2D eigenvalue weighted by Gasteiger charge is 2.37. The van der Waals surface area contributed by atoms with E-state index in [-0.39, 0.29) is 23.4 Å². The van der Waals surface area contributed by atoms with Gasteiger partial charge in [0.05, 0.1) is 11.8 Å². The van der Waals surface area contributed by atoms with Crippen molar-refractivity contribution in [3.63, 3.8) is 0 Å². The molecule has 2 aromatic heterocycles. The molecule has 2 amide bonds. The van der Waals surface area contributed by atoms with Crippen LogP contribution in [0.3, 0.4) is 0 Å². The summed E-state index contributed by atoms with van der Waals surface area (Å²) in [6, 6.07) is 6.72. The van der Waals surface area contributed by atoms with E-state index in [0.717, 1.165) is 45.5 Å². The van der Waals surface area contributed by atoms with E-state index in [4.69, 9.17) is 11.6 Å². The number of carbonyl (C=O) groups excluding carboxylic acids is 2. The van der Waals surface area contributed by atoms with E-state index in [0.29, 0.717) is 0 Å². The van der Waals surface area contributed by atoms with Gasteiger partial charge in [0, 0.05) is 0 Å². The first-order valence-electron chi connectivity index (χ1n) is 9.05. The summed E-state index contributed by atoms with van der Waals surface area (Å²) in [6.45, 7) is 0. The van der Waals surface area contributed by atoms with Crippen molar-refractivity contribution in [1.29, 1.82) is 0 Å². The number of amides is 2. The lowest BCUT2D eigenvalue weighted by Crippen LogP contribution is -2.30. The molecule has 2 atom stereocenters. The predicted octanol–water partition coefficient (Wildman–Crippen LogP) is 4.16. The summed E-state index contributed by atoms with van der Waals surface area (Å²) in [5.41, 5.74) is -3.31. The second-order valence-electron chi connectivity index (χ2n) is 6.55. The molecule has 2 aromatic rings. The fourth-order valence-corrected chi connectivity index (χ4v) is 4.55. The average Bonchev–Trinajstić information content (AvgIpc) is 3.29. The highest BCUT2D eigenvalue weighted by Crippen LogP contribution is 2.34. The van der Waals surface area contributed by atoms with Crippen LogP contribution in [0, 0.1) is 0 Å². The number of hydrogen-bond acceptors (Lipinski definition) is 7. The van der Waals surface area contributed by atoms with Crippen LogP contribution in [0.1, 0.15) is 11.4 Å². The Morgan fingerprint density at radius 3 is 1.62 bits per heavy atom. The van der Waals surface area contributed by atoms with Gasteiger partial charge in [-0.05, 0) is 24.3 Å². The van der Waals surface area contributed by atoms with Crippen molar-refractivity contribution in [2.45, 2.75) is 22.5 Å². The lowest BCUT2D eigenvalue weighted by atomic mass is 10.3. The first-order valence-corrected chi connectivity index (χ1v) is 11.6. The summed E-state index contributed by atoms with van der Waals surface area (Å²) >= 11 is 7.73. The molecule has 4 rings (SSSR count).